The fourth-order valence-corrected chi connectivity index (χ4v) is 9.86. The van der Waals surface area contributed by atoms with Gasteiger partial charge in [-0.1, -0.05) is 277 Å². The molecule has 0 aromatic heterocycles. The Morgan fingerprint density at radius 2 is 0.765 bits per heavy atom. The summed E-state index contributed by atoms with van der Waals surface area (Å²) in [6.07, 6.45) is 41.6. The molecule has 1 saturated heterocycles. The van der Waals surface area contributed by atoms with E-state index in [0.29, 0.717) is 19.3 Å². The molecule has 68 heavy (non-hydrogen) atoms. The highest BCUT2D eigenvalue weighted by molar-refractivity contribution is 5.80. The number of carbonyl (C=O) groups is 1. The molecule has 1 rings (SSSR count). The molecule has 11 nitrogen and oxygen atoms in total. The molecule has 0 radical (unpaired) electrons. The van der Waals surface area contributed by atoms with Gasteiger partial charge in [-0.25, -0.2) is 0 Å². The van der Waals surface area contributed by atoms with E-state index in [2.05, 4.69) is 19.2 Å². The highest BCUT2D eigenvalue weighted by Crippen LogP contribution is 2.24. The van der Waals surface area contributed by atoms with Gasteiger partial charge >= 0.3 is 0 Å². The highest BCUT2D eigenvalue weighted by Gasteiger charge is 2.44. The number of amides is 1. The molecular weight excluding hydrogens is 859 g/mol. The summed E-state index contributed by atoms with van der Waals surface area (Å²) in [6, 6.07) is -1.16. The van der Waals surface area contributed by atoms with E-state index in [4.69, 9.17) is 9.47 Å². The van der Waals surface area contributed by atoms with Crippen molar-refractivity contribution >= 4 is 5.91 Å². The van der Waals surface area contributed by atoms with Crippen LogP contribution in [-0.2, 0) is 14.3 Å². The lowest BCUT2D eigenvalue weighted by Crippen LogP contribution is -2.60. The Balaban J connectivity index is 2.27. The van der Waals surface area contributed by atoms with Crippen LogP contribution in [0.4, 0.5) is 0 Å². The maximum atomic E-state index is 13.2. The molecule has 9 atom stereocenters. The smallest absolute Gasteiger partial charge is 0.249 e. The molecule has 0 aromatic rings. The van der Waals surface area contributed by atoms with Crippen molar-refractivity contribution in [2.45, 2.75) is 345 Å². The Hall–Kier alpha value is -0.890. The summed E-state index contributed by atoms with van der Waals surface area (Å²) in [5.74, 6) is -0.690. The molecular formula is C57H113NO10. The molecule has 0 spiro atoms. The van der Waals surface area contributed by atoms with Crippen molar-refractivity contribution in [1.82, 2.24) is 5.32 Å². The van der Waals surface area contributed by atoms with E-state index in [-0.39, 0.29) is 6.42 Å². The predicted octanol–water partition coefficient (Wildman–Crippen LogP) is 12.2. The number of aliphatic hydroxyl groups is 7. The lowest BCUT2D eigenvalue weighted by molar-refractivity contribution is -0.303. The fraction of sp³-hybridized carbons (Fsp3) is 0.982. The third kappa shape index (κ3) is 35.3. The molecule has 1 aliphatic heterocycles. The lowest BCUT2D eigenvalue weighted by atomic mass is 9.98. The van der Waals surface area contributed by atoms with Gasteiger partial charge in [-0.3, -0.25) is 4.79 Å². The standard InChI is InChI=1S/C57H113NO10/c1-3-5-7-9-11-13-15-17-19-21-22-23-24-25-26-27-28-29-31-32-34-36-38-40-42-44-49(60)52(62)48(47-67-57-55(65)54(64)53(63)51(46-59)68-57)58-56(66)50(61)45-43-41-39-37-35-33-30-20-18-16-14-12-10-8-6-4-2/h48-55,57,59-65H,3-47H2,1-2H3,(H,58,66). The zero-order chi connectivity index (χ0) is 49.7. The second kappa shape index (κ2) is 47.1. The van der Waals surface area contributed by atoms with Crippen LogP contribution in [0, 0.1) is 0 Å². The van der Waals surface area contributed by atoms with Gasteiger partial charge in [0.2, 0.25) is 5.91 Å². The molecule has 0 bridgehead atoms. The van der Waals surface area contributed by atoms with Crippen LogP contribution in [0.25, 0.3) is 0 Å². The van der Waals surface area contributed by atoms with E-state index in [1.54, 1.807) is 0 Å². The Bertz CT molecular complexity index is 1070. The summed E-state index contributed by atoms with van der Waals surface area (Å²) in [7, 11) is 0. The number of hydrogen-bond donors (Lipinski definition) is 8. The average molecular weight is 973 g/mol. The van der Waals surface area contributed by atoms with Crippen LogP contribution in [0.1, 0.15) is 290 Å². The van der Waals surface area contributed by atoms with Gasteiger partial charge in [0.05, 0.1) is 25.4 Å². The molecule has 406 valence electrons. The van der Waals surface area contributed by atoms with Crippen molar-refractivity contribution in [3.05, 3.63) is 0 Å². The van der Waals surface area contributed by atoms with E-state index in [0.717, 1.165) is 38.5 Å². The Labute approximate surface area is 418 Å². The predicted molar refractivity (Wildman–Crippen MR) is 280 cm³/mol. The van der Waals surface area contributed by atoms with E-state index >= 15 is 0 Å². The van der Waals surface area contributed by atoms with Crippen molar-refractivity contribution < 1.29 is 50.0 Å². The number of nitrogens with one attached hydrogen (secondary N) is 1. The maximum absolute atomic E-state index is 13.2. The lowest BCUT2D eigenvalue weighted by Gasteiger charge is -2.40. The van der Waals surface area contributed by atoms with Gasteiger partial charge in [-0.05, 0) is 12.8 Å². The summed E-state index contributed by atoms with van der Waals surface area (Å²) in [4.78, 5) is 13.2. The summed E-state index contributed by atoms with van der Waals surface area (Å²) < 4.78 is 11.2. The third-order valence-corrected chi connectivity index (χ3v) is 14.7. The van der Waals surface area contributed by atoms with Gasteiger partial charge in [0, 0.05) is 0 Å². The molecule has 8 N–H and O–H groups in total. The molecule has 0 saturated carbocycles. The number of rotatable bonds is 51. The zero-order valence-corrected chi connectivity index (χ0v) is 44.4. The maximum Gasteiger partial charge on any atom is 0.249 e. The van der Waals surface area contributed by atoms with Crippen molar-refractivity contribution in [3.8, 4) is 0 Å². The molecule has 9 unspecified atom stereocenters. The second-order valence-electron chi connectivity index (χ2n) is 21.1. The number of hydrogen-bond acceptors (Lipinski definition) is 10. The Kier molecular flexibility index (Phi) is 45.1. The van der Waals surface area contributed by atoms with E-state index < -0.39 is 74.2 Å². The van der Waals surface area contributed by atoms with Crippen LogP contribution in [0.2, 0.25) is 0 Å². The van der Waals surface area contributed by atoms with Crippen LogP contribution >= 0.6 is 0 Å². The minimum absolute atomic E-state index is 0.267. The first kappa shape index (κ1) is 65.1. The first-order valence-corrected chi connectivity index (χ1v) is 29.4. The quantitative estimate of drug-likeness (QED) is 0.0272. The first-order valence-electron chi connectivity index (χ1n) is 29.4. The SMILES string of the molecule is CCCCCCCCCCCCCCCCCCCCCCCCCCCC(O)C(O)C(COC1OC(CO)C(O)C(O)C1O)NC(=O)C(O)CCCCCCCCCCCCCCCCCC. The summed E-state index contributed by atoms with van der Waals surface area (Å²) in [5, 5.41) is 76.2. The number of aliphatic hydroxyl groups excluding tert-OH is 7. The van der Waals surface area contributed by atoms with Gasteiger partial charge < -0.3 is 50.5 Å². The molecule has 0 aromatic carbocycles. The van der Waals surface area contributed by atoms with Crippen LogP contribution < -0.4 is 5.32 Å². The third-order valence-electron chi connectivity index (χ3n) is 14.7. The number of ether oxygens (including phenoxy) is 2. The molecule has 0 aliphatic carbocycles. The van der Waals surface area contributed by atoms with Crippen molar-refractivity contribution in [1.29, 1.82) is 0 Å². The summed E-state index contributed by atoms with van der Waals surface area (Å²) in [6.45, 7) is 3.50. The van der Waals surface area contributed by atoms with Crippen LogP contribution in [-0.4, -0.2) is 110 Å². The molecule has 11 heteroatoms. The van der Waals surface area contributed by atoms with E-state index in [9.17, 15) is 40.5 Å². The minimum Gasteiger partial charge on any atom is -0.394 e. The monoisotopic (exact) mass is 972 g/mol. The van der Waals surface area contributed by atoms with Crippen molar-refractivity contribution in [2.75, 3.05) is 13.2 Å². The molecule has 1 heterocycles. The van der Waals surface area contributed by atoms with Gasteiger partial charge in [0.25, 0.3) is 0 Å². The minimum atomic E-state index is -1.66. The Morgan fingerprint density at radius 1 is 0.456 bits per heavy atom. The van der Waals surface area contributed by atoms with E-state index in [1.165, 1.54) is 212 Å². The largest absolute Gasteiger partial charge is 0.394 e. The van der Waals surface area contributed by atoms with Crippen LogP contribution in [0.5, 0.6) is 0 Å². The molecule has 1 fully saturated rings. The van der Waals surface area contributed by atoms with Crippen molar-refractivity contribution in [3.63, 3.8) is 0 Å². The normalized spacial score (nSPS) is 20.4. The molecule has 1 amide bonds. The number of unbranched alkanes of at least 4 members (excludes halogenated alkanes) is 39. The van der Waals surface area contributed by atoms with Gasteiger partial charge in [0.1, 0.15) is 36.6 Å². The fourth-order valence-electron chi connectivity index (χ4n) is 9.86. The first-order chi connectivity index (χ1) is 33.2. The van der Waals surface area contributed by atoms with Gasteiger partial charge in [-0.2, -0.15) is 0 Å². The van der Waals surface area contributed by atoms with Gasteiger partial charge in [-0.15, -0.1) is 0 Å². The van der Waals surface area contributed by atoms with Crippen LogP contribution in [0.3, 0.4) is 0 Å². The van der Waals surface area contributed by atoms with Crippen LogP contribution in [0.15, 0.2) is 0 Å². The topological polar surface area (TPSA) is 189 Å². The second-order valence-corrected chi connectivity index (χ2v) is 21.1. The van der Waals surface area contributed by atoms with Gasteiger partial charge in [0.15, 0.2) is 6.29 Å². The van der Waals surface area contributed by atoms with Crippen molar-refractivity contribution in [2.24, 2.45) is 0 Å². The Morgan fingerprint density at radius 3 is 1.09 bits per heavy atom. The highest BCUT2D eigenvalue weighted by atomic mass is 16.7. The average Bonchev–Trinajstić information content (AvgIpc) is 3.34. The van der Waals surface area contributed by atoms with E-state index in [1.807, 2.05) is 0 Å². The summed E-state index contributed by atoms with van der Waals surface area (Å²) in [5.41, 5.74) is 0. The molecule has 1 aliphatic rings. The number of carbonyl (C=O) groups excluding carboxylic acids is 1. The summed E-state index contributed by atoms with van der Waals surface area (Å²) >= 11 is 0. The zero-order valence-electron chi connectivity index (χ0n) is 44.4.